The minimum Gasteiger partial charge on any atom is -0.465 e. The highest BCUT2D eigenvalue weighted by Gasteiger charge is 2.39. The monoisotopic (exact) mass is 353 g/mol. The molecular formula is C20H19NO3S. The number of nitrogens with zero attached hydrogens (tertiary/aromatic N) is 1. The van der Waals surface area contributed by atoms with Crippen LogP contribution in [-0.2, 0) is 14.3 Å². The predicted octanol–water partition coefficient (Wildman–Crippen LogP) is 4.18. The molecular weight excluding hydrogens is 334 g/mol. The highest BCUT2D eigenvalue weighted by molar-refractivity contribution is 7.10. The number of amides is 1. The first-order valence-electron chi connectivity index (χ1n) is 7.98. The molecule has 128 valence electrons. The smallest absolute Gasteiger partial charge is 0.340 e. The van der Waals surface area contributed by atoms with E-state index in [1.807, 2.05) is 54.8 Å². The van der Waals surface area contributed by atoms with Gasteiger partial charge in [0.15, 0.2) is 0 Å². The summed E-state index contributed by atoms with van der Waals surface area (Å²) in [4.78, 5) is 28.0. The Morgan fingerprint density at radius 2 is 1.92 bits per heavy atom. The van der Waals surface area contributed by atoms with E-state index in [-0.39, 0.29) is 11.9 Å². The van der Waals surface area contributed by atoms with Crippen LogP contribution in [0.1, 0.15) is 30.3 Å². The Kier molecular flexibility index (Phi) is 4.86. The molecule has 3 rings (SSSR count). The highest BCUT2D eigenvalue weighted by atomic mass is 32.1. The molecule has 0 N–H and O–H groups in total. The molecule has 1 unspecified atom stereocenters. The fourth-order valence-electron chi connectivity index (χ4n) is 3.06. The van der Waals surface area contributed by atoms with E-state index < -0.39 is 5.97 Å². The van der Waals surface area contributed by atoms with E-state index in [0.717, 1.165) is 10.4 Å². The number of rotatable bonds is 4. The molecule has 0 radical (unpaired) electrons. The number of allylic oxidation sites excluding steroid dienone is 1. The normalized spacial score (nSPS) is 17.3. The van der Waals surface area contributed by atoms with Crippen LogP contribution in [0, 0.1) is 0 Å². The van der Waals surface area contributed by atoms with Gasteiger partial charge in [0.2, 0.25) is 0 Å². The molecule has 0 bridgehead atoms. The van der Waals surface area contributed by atoms with E-state index in [9.17, 15) is 9.59 Å². The first-order chi connectivity index (χ1) is 12.0. The third-order valence-electron chi connectivity index (χ3n) is 4.33. The van der Waals surface area contributed by atoms with Crippen LogP contribution in [0.5, 0.6) is 0 Å². The van der Waals surface area contributed by atoms with Crippen molar-refractivity contribution in [1.82, 2.24) is 4.90 Å². The molecule has 1 aliphatic rings. The highest BCUT2D eigenvalue weighted by Crippen LogP contribution is 2.37. The molecule has 1 amide bonds. The summed E-state index contributed by atoms with van der Waals surface area (Å²) < 4.78 is 4.92. The number of ether oxygens (including phenoxy) is 1. The molecule has 4 nitrogen and oxygen atoms in total. The maximum atomic E-state index is 13.1. The van der Waals surface area contributed by atoms with Gasteiger partial charge in [0, 0.05) is 10.6 Å². The van der Waals surface area contributed by atoms with Crippen molar-refractivity contribution in [3.05, 3.63) is 75.1 Å². The number of methoxy groups -OCH3 is 1. The lowest BCUT2D eigenvalue weighted by Crippen LogP contribution is -2.28. The number of hydrogen-bond donors (Lipinski definition) is 0. The maximum absolute atomic E-state index is 13.1. The van der Waals surface area contributed by atoms with Crippen molar-refractivity contribution in [3.8, 4) is 0 Å². The average molecular weight is 353 g/mol. The lowest BCUT2D eigenvalue weighted by molar-refractivity contribution is -0.136. The van der Waals surface area contributed by atoms with E-state index in [2.05, 4.69) is 0 Å². The van der Waals surface area contributed by atoms with Gasteiger partial charge in [-0.3, -0.25) is 4.79 Å². The molecule has 1 aromatic carbocycles. The van der Waals surface area contributed by atoms with Crippen molar-refractivity contribution in [2.45, 2.75) is 19.9 Å². The summed E-state index contributed by atoms with van der Waals surface area (Å²) in [6.45, 7) is 3.75. The fourth-order valence-corrected chi connectivity index (χ4v) is 3.72. The van der Waals surface area contributed by atoms with Crippen LogP contribution in [0.15, 0.2) is 64.7 Å². The topological polar surface area (TPSA) is 46.6 Å². The van der Waals surface area contributed by atoms with Crippen LogP contribution in [0.25, 0.3) is 6.08 Å². The standard InChI is InChI=1S/C20H19NO3S/c1-13(15-8-5-4-6-9-15)21-14(2)18(20(23)24-3)17(19(21)22)12-16-10-7-11-25-16/h4-13H,1-3H3/b17-12-. The van der Waals surface area contributed by atoms with Gasteiger partial charge in [-0.2, -0.15) is 0 Å². The van der Waals surface area contributed by atoms with Crippen molar-refractivity contribution in [1.29, 1.82) is 0 Å². The first-order valence-corrected chi connectivity index (χ1v) is 8.85. The lowest BCUT2D eigenvalue weighted by atomic mass is 10.1. The lowest BCUT2D eigenvalue weighted by Gasteiger charge is -2.26. The van der Waals surface area contributed by atoms with Crippen LogP contribution < -0.4 is 0 Å². The summed E-state index contributed by atoms with van der Waals surface area (Å²) >= 11 is 1.52. The Bertz CT molecular complexity index is 850. The van der Waals surface area contributed by atoms with Crippen LogP contribution >= 0.6 is 11.3 Å². The third-order valence-corrected chi connectivity index (χ3v) is 5.15. The van der Waals surface area contributed by atoms with Crippen molar-refractivity contribution in [2.75, 3.05) is 7.11 Å². The minimum absolute atomic E-state index is 0.178. The van der Waals surface area contributed by atoms with Gasteiger partial charge in [-0.15, -0.1) is 11.3 Å². The molecule has 0 aliphatic carbocycles. The van der Waals surface area contributed by atoms with Gasteiger partial charge < -0.3 is 9.64 Å². The van der Waals surface area contributed by atoms with E-state index >= 15 is 0 Å². The van der Waals surface area contributed by atoms with Crippen molar-refractivity contribution in [2.24, 2.45) is 0 Å². The largest absolute Gasteiger partial charge is 0.465 e. The number of esters is 1. The zero-order valence-corrected chi connectivity index (χ0v) is 15.2. The fraction of sp³-hybridized carbons (Fsp3) is 0.200. The Labute approximate surface area is 151 Å². The molecule has 0 fully saturated rings. The Morgan fingerprint density at radius 1 is 1.20 bits per heavy atom. The average Bonchev–Trinajstić information content (AvgIpc) is 3.22. The van der Waals surface area contributed by atoms with Gasteiger partial charge in [0.25, 0.3) is 5.91 Å². The van der Waals surface area contributed by atoms with Crippen LogP contribution in [-0.4, -0.2) is 23.9 Å². The van der Waals surface area contributed by atoms with Crippen molar-refractivity contribution in [3.63, 3.8) is 0 Å². The molecule has 1 aliphatic heterocycles. The van der Waals surface area contributed by atoms with E-state index in [1.54, 1.807) is 17.9 Å². The summed E-state index contributed by atoms with van der Waals surface area (Å²) in [5.74, 6) is -0.668. The Morgan fingerprint density at radius 3 is 2.52 bits per heavy atom. The number of carbonyl (C=O) groups excluding carboxylic acids is 2. The number of thiophene rings is 1. The van der Waals surface area contributed by atoms with Gasteiger partial charge >= 0.3 is 5.97 Å². The van der Waals surface area contributed by atoms with E-state index in [0.29, 0.717) is 16.8 Å². The van der Waals surface area contributed by atoms with E-state index in [1.165, 1.54) is 18.4 Å². The Hall–Kier alpha value is -2.66. The Balaban J connectivity index is 2.08. The molecule has 2 heterocycles. The molecule has 5 heteroatoms. The molecule has 1 atom stereocenters. The van der Waals surface area contributed by atoms with Gasteiger partial charge in [-0.1, -0.05) is 36.4 Å². The number of hydrogen-bond acceptors (Lipinski definition) is 4. The quantitative estimate of drug-likeness (QED) is 0.612. The summed E-state index contributed by atoms with van der Waals surface area (Å²) in [6.07, 6.45) is 1.76. The van der Waals surface area contributed by atoms with Crippen molar-refractivity contribution < 1.29 is 14.3 Å². The second kappa shape index (κ2) is 7.07. The minimum atomic E-state index is -0.489. The molecule has 2 aromatic rings. The van der Waals surface area contributed by atoms with Crippen LogP contribution in [0.2, 0.25) is 0 Å². The van der Waals surface area contributed by atoms with Crippen LogP contribution in [0.3, 0.4) is 0 Å². The molecule has 1 aromatic heterocycles. The van der Waals surface area contributed by atoms with Gasteiger partial charge in [-0.25, -0.2) is 4.79 Å². The maximum Gasteiger partial charge on any atom is 0.340 e. The summed E-state index contributed by atoms with van der Waals surface area (Å²) in [7, 11) is 1.33. The van der Waals surface area contributed by atoms with Gasteiger partial charge in [0.05, 0.1) is 24.3 Å². The molecule has 0 spiro atoms. The van der Waals surface area contributed by atoms with Gasteiger partial charge in [0.1, 0.15) is 0 Å². The first kappa shape index (κ1) is 17.2. The second-order valence-corrected chi connectivity index (χ2v) is 6.77. The molecule has 25 heavy (non-hydrogen) atoms. The zero-order chi connectivity index (χ0) is 18.0. The van der Waals surface area contributed by atoms with Gasteiger partial charge in [-0.05, 0) is 36.9 Å². The van der Waals surface area contributed by atoms with Crippen molar-refractivity contribution >= 4 is 29.3 Å². The molecule has 0 saturated carbocycles. The molecule has 0 saturated heterocycles. The SMILES string of the molecule is COC(=O)C1=C(C)N(C(C)c2ccccc2)C(=O)/C1=C\c1cccs1. The van der Waals surface area contributed by atoms with E-state index in [4.69, 9.17) is 4.74 Å². The number of benzene rings is 1. The van der Waals surface area contributed by atoms with Crippen LogP contribution in [0.4, 0.5) is 0 Å². The summed E-state index contributed by atoms with van der Waals surface area (Å²) in [6, 6.07) is 13.4. The summed E-state index contributed by atoms with van der Waals surface area (Å²) in [5.41, 5.74) is 2.35. The second-order valence-electron chi connectivity index (χ2n) is 5.79. The predicted molar refractivity (Wildman–Crippen MR) is 98.7 cm³/mol. The summed E-state index contributed by atoms with van der Waals surface area (Å²) in [5, 5.41) is 1.94. The number of carbonyl (C=O) groups is 2. The third kappa shape index (κ3) is 3.15. The zero-order valence-electron chi connectivity index (χ0n) is 14.4.